The third-order valence-electron chi connectivity index (χ3n) is 3.64. The van der Waals surface area contributed by atoms with Crippen LogP contribution in [0.15, 0.2) is 46.4 Å². The molecule has 1 fully saturated rings. The van der Waals surface area contributed by atoms with Gasteiger partial charge in [-0.25, -0.2) is 5.01 Å². The lowest BCUT2D eigenvalue weighted by molar-refractivity contribution is -0.117. The number of carbonyl (C=O) groups excluding carboxylic acids is 2. The Morgan fingerprint density at radius 2 is 1.96 bits per heavy atom. The van der Waals surface area contributed by atoms with Crippen LogP contribution in [0.5, 0.6) is 11.5 Å². The summed E-state index contributed by atoms with van der Waals surface area (Å²) in [6.45, 7) is 2.20. The molecule has 0 spiro atoms. The van der Waals surface area contributed by atoms with Crippen LogP contribution in [0.2, 0.25) is 0 Å². The zero-order valence-corrected chi connectivity index (χ0v) is 17.4. The summed E-state index contributed by atoms with van der Waals surface area (Å²) in [5.41, 5.74) is 3.72. The lowest BCUT2D eigenvalue weighted by Gasteiger charge is -2.14. The molecule has 2 amide bonds. The number of rotatable bonds is 4. The maximum atomic E-state index is 12.6. The highest BCUT2D eigenvalue weighted by atomic mass is 127. The fourth-order valence-electron chi connectivity index (χ4n) is 2.44. The minimum Gasteiger partial charge on any atom is -0.504 e. The molecule has 2 N–H and O–H groups in total. The first-order chi connectivity index (χ1) is 12.4. The lowest BCUT2D eigenvalue weighted by atomic mass is 10.1. The molecule has 2 aromatic carbocycles. The van der Waals surface area contributed by atoms with Crippen molar-refractivity contribution in [3.63, 3.8) is 0 Å². The number of anilines is 1. The standard InChI is InChI=1S/C18H14BrIN2O4/c1-2-26-15-9-10(8-14(20)16(15)23)7-13-17(24)21-22(18(13)25)12-5-3-11(19)4-6-12/h3-9,23H,2H2,1H3,(H,21,24)/b13-7+. The number of phenols is 1. The number of nitrogens with zero attached hydrogens (tertiary/aromatic N) is 1. The molecule has 134 valence electrons. The van der Waals surface area contributed by atoms with Gasteiger partial charge in [-0.1, -0.05) is 15.9 Å². The number of ether oxygens (including phenoxy) is 1. The maximum absolute atomic E-state index is 12.6. The highest BCUT2D eigenvalue weighted by Gasteiger charge is 2.34. The molecule has 26 heavy (non-hydrogen) atoms. The molecule has 0 saturated carbocycles. The van der Waals surface area contributed by atoms with Gasteiger partial charge in [-0.3, -0.25) is 15.0 Å². The zero-order valence-electron chi connectivity index (χ0n) is 13.6. The number of phenolic OH excluding ortho intramolecular Hbond substituents is 1. The molecule has 0 aromatic heterocycles. The van der Waals surface area contributed by atoms with Crippen LogP contribution in [0.3, 0.4) is 0 Å². The highest BCUT2D eigenvalue weighted by Crippen LogP contribution is 2.34. The van der Waals surface area contributed by atoms with E-state index >= 15 is 0 Å². The van der Waals surface area contributed by atoms with E-state index in [4.69, 9.17) is 4.74 Å². The average Bonchev–Trinajstić information content (AvgIpc) is 2.88. The second-order valence-corrected chi connectivity index (χ2v) is 7.48. The Balaban J connectivity index is 1.95. The summed E-state index contributed by atoms with van der Waals surface area (Å²) in [5, 5.41) is 11.2. The van der Waals surface area contributed by atoms with Crippen LogP contribution in [0.25, 0.3) is 6.08 Å². The largest absolute Gasteiger partial charge is 0.504 e. The average molecular weight is 529 g/mol. The van der Waals surface area contributed by atoms with Gasteiger partial charge in [0.15, 0.2) is 11.5 Å². The molecule has 0 aliphatic carbocycles. The molecule has 3 rings (SSSR count). The first-order valence-corrected chi connectivity index (χ1v) is 9.56. The van der Waals surface area contributed by atoms with E-state index in [0.717, 1.165) is 4.47 Å². The van der Waals surface area contributed by atoms with Gasteiger partial charge in [0, 0.05) is 4.47 Å². The first-order valence-electron chi connectivity index (χ1n) is 7.68. The number of hydrazine groups is 1. The Kier molecular flexibility index (Phi) is 5.52. The van der Waals surface area contributed by atoms with Gasteiger partial charge in [-0.05, 0) is 77.6 Å². The molecule has 1 aliphatic rings. The number of hydrogen-bond donors (Lipinski definition) is 2. The first kappa shape index (κ1) is 18.7. The molecule has 0 unspecified atom stereocenters. The number of halogens is 2. The van der Waals surface area contributed by atoms with Crippen LogP contribution >= 0.6 is 38.5 Å². The SMILES string of the molecule is CCOc1cc(/C=C2\C(=O)NN(c3ccc(Br)cc3)C2=O)cc(I)c1O. The van der Waals surface area contributed by atoms with Gasteiger partial charge in [0.05, 0.1) is 15.9 Å². The molecule has 1 aliphatic heterocycles. The van der Waals surface area contributed by atoms with E-state index in [9.17, 15) is 14.7 Å². The number of carbonyl (C=O) groups is 2. The van der Waals surface area contributed by atoms with Crippen LogP contribution in [0.4, 0.5) is 5.69 Å². The van der Waals surface area contributed by atoms with Gasteiger partial charge in [0.25, 0.3) is 11.8 Å². The minimum atomic E-state index is -0.487. The van der Waals surface area contributed by atoms with Gasteiger partial charge in [-0.15, -0.1) is 0 Å². The van der Waals surface area contributed by atoms with Crippen molar-refractivity contribution < 1.29 is 19.4 Å². The van der Waals surface area contributed by atoms with Crippen molar-refractivity contribution in [2.24, 2.45) is 0 Å². The minimum absolute atomic E-state index is 0.0110. The smallest absolute Gasteiger partial charge is 0.282 e. The van der Waals surface area contributed by atoms with Crippen LogP contribution in [-0.2, 0) is 9.59 Å². The van der Waals surface area contributed by atoms with Gasteiger partial charge >= 0.3 is 0 Å². The molecular weight excluding hydrogens is 515 g/mol. The van der Waals surface area contributed by atoms with E-state index in [1.54, 1.807) is 36.4 Å². The Morgan fingerprint density at radius 1 is 1.27 bits per heavy atom. The molecular formula is C18H14BrIN2O4. The molecule has 8 heteroatoms. The van der Waals surface area contributed by atoms with Gasteiger partial charge < -0.3 is 9.84 Å². The summed E-state index contributed by atoms with van der Waals surface area (Å²) in [6, 6.07) is 10.3. The summed E-state index contributed by atoms with van der Waals surface area (Å²) in [4.78, 5) is 24.9. The van der Waals surface area contributed by atoms with E-state index in [1.165, 1.54) is 11.1 Å². The normalized spacial score (nSPS) is 15.5. The predicted octanol–water partition coefficient (Wildman–Crippen LogP) is 3.62. The number of amides is 2. The van der Waals surface area contributed by atoms with Gasteiger partial charge in [0.2, 0.25) is 0 Å². The maximum Gasteiger partial charge on any atom is 0.282 e. The van der Waals surface area contributed by atoms with Crippen molar-refractivity contribution in [3.05, 3.63) is 55.6 Å². The monoisotopic (exact) mass is 528 g/mol. The van der Waals surface area contributed by atoms with Crippen molar-refractivity contribution >= 4 is 62.1 Å². The second kappa shape index (κ2) is 7.67. The van der Waals surface area contributed by atoms with E-state index < -0.39 is 11.8 Å². The fraction of sp³-hybridized carbons (Fsp3) is 0.111. The number of nitrogens with one attached hydrogen (secondary N) is 1. The molecule has 0 bridgehead atoms. The Hall–Kier alpha value is -2.07. The van der Waals surface area contributed by atoms with E-state index in [0.29, 0.717) is 27.2 Å². The van der Waals surface area contributed by atoms with Gasteiger partial charge in [-0.2, -0.15) is 0 Å². The van der Waals surface area contributed by atoms with E-state index in [1.807, 2.05) is 29.5 Å². The summed E-state index contributed by atoms with van der Waals surface area (Å²) < 4.78 is 6.83. The molecule has 1 saturated heterocycles. The third kappa shape index (κ3) is 3.70. The molecule has 0 radical (unpaired) electrons. The van der Waals surface area contributed by atoms with E-state index in [-0.39, 0.29) is 11.3 Å². The topological polar surface area (TPSA) is 78.9 Å². The highest BCUT2D eigenvalue weighted by molar-refractivity contribution is 14.1. The number of hydrogen-bond acceptors (Lipinski definition) is 4. The predicted molar refractivity (Wildman–Crippen MR) is 110 cm³/mol. The fourth-order valence-corrected chi connectivity index (χ4v) is 3.33. The van der Waals surface area contributed by atoms with Crippen LogP contribution in [0, 0.1) is 3.57 Å². The Bertz CT molecular complexity index is 912. The summed E-state index contributed by atoms with van der Waals surface area (Å²) in [5.74, 6) is -0.590. The summed E-state index contributed by atoms with van der Waals surface area (Å²) in [6.07, 6.45) is 1.49. The zero-order chi connectivity index (χ0) is 18.8. The molecule has 0 atom stereocenters. The molecule has 6 nitrogen and oxygen atoms in total. The van der Waals surface area contributed by atoms with Crippen molar-refractivity contribution in [2.75, 3.05) is 11.6 Å². The van der Waals surface area contributed by atoms with Gasteiger partial charge in [0.1, 0.15) is 5.57 Å². The third-order valence-corrected chi connectivity index (χ3v) is 4.99. The van der Waals surface area contributed by atoms with Crippen molar-refractivity contribution in [1.29, 1.82) is 0 Å². The Morgan fingerprint density at radius 3 is 2.62 bits per heavy atom. The quantitative estimate of drug-likeness (QED) is 0.361. The van der Waals surface area contributed by atoms with Crippen molar-refractivity contribution in [2.45, 2.75) is 6.92 Å². The van der Waals surface area contributed by atoms with Crippen molar-refractivity contribution in [3.8, 4) is 11.5 Å². The molecule has 1 heterocycles. The van der Waals surface area contributed by atoms with Crippen LogP contribution < -0.4 is 15.2 Å². The summed E-state index contributed by atoms with van der Waals surface area (Å²) in [7, 11) is 0. The van der Waals surface area contributed by atoms with Crippen LogP contribution in [-0.4, -0.2) is 23.5 Å². The summed E-state index contributed by atoms with van der Waals surface area (Å²) >= 11 is 5.30. The van der Waals surface area contributed by atoms with Crippen molar-refractivity contribution in [1.82, 2.24) is 5.43 Å². The molecule has 2 aromatic rings. The Labute approximate surface area is 172 Å². The number of aromatic hydroxyl groups is 1. The van der Waals surface area contributed by atoms with Crippen LogP contribution in [0.1, 0.15) is 12.5 Å². The lowest BCUT2D eigenvalue weighted by Crippen LogP contribution is -2.35. The number of benzene rings is 2. The second-order valence-electron chi connectivity index (χ2n) is 5.40. The van der Waals surface area contributed by atoms with E-state index in [2.05, 4.69) is 21.4 Å².